The highest BCUT2D eigenvalue weighted by atomic mass is 16.5. The summed E-state index contributed by atoms with van der Waals surface area (Å²) in [5.41, 5.74) is 0. The number of hydrogen-bond donors (Lipinski definition) is 0. The maximum Gasteiger partial charge on any atom is 0.323 e. The highest BCUT2D eigenvalue weighted by molar-refractivity contribution is 5.77. The lowest BCUT2D eigenvalue weighted by atomic mass is 10.1. The molecule has 5 heteroatoms. The van der Waals surface area contributed by atoms with E-state index in [0.29, 0.717) is 13.0 Å². The quantitative estimate of drug-likeness (QED) is 0.660. The number of esters is 2. The topological polar surface area (TPSA) is 55.8 Å². The molecular weight excluding hydrogens is 246 g/mol. The van der Waals surface area contributed by atoms with Crippen molar-refractivity contribution in [3.05, 3.63) is 0 Å². The molecule has 0 radical (unpaired) electrons. The van der Waals surface area contributed by atoms with E-state index in [-0.39, 0.29) is 30.6 Å². The van der Waals surface area contributed by atoms with E-state index < -0.39 is 0 Å². The minimum atomic E-state index is -0.345. The summed E-state index contributed by atoms with van der Waals surface area (Å²) < 4.78 is 9.86. The molecule has 110 valence electrons. The summed E-state index contributed by atoms with van der Waals surface area (Å²) in [6, 6.07) is -0.0596. The zero-order valence-electron chi connectivity index (χ0n) is 12.2. The van der Waals surface area contributed by atoms with E-state index in [1.807, 2.05) is 11.8 Å². The largest absolute Gasteiger partial charge is 0.468 e. The smallest absolute Gasteiger partial charge is 0.323 e. The van der Waals surface area contributed by atoms with E-state index in [4.69, 9.17) is 9.47 Å². The summed E-state index contributed by atoms with van der Waals surface area (Å²) in [6.07, 6.45) is 5.02. The fourth-order valence-corrected chi connectivity index (χ4v) is 2.72. The van der Waals surface area contributed by atoms with Crippen LogP contribution in [0.5, 0.6) is 0 Å². The number of nitrogens with zero attached hydrogens (tertiary/aromatic N) is 1. The Balaban J connectivity index is 2.78. The molecule has 0 aromatic rings. The fraction of sp³-hybridized carbons (Fsp3) is 0.857. The third-order valence-electron chi connectivity index (χ3n) is 3.68. The lowest BCUT2D eigenvalue weighted by Gasteiger charge is -2.33. The first kappa shape index (κ1) is 16.0. The van der Waals surface area contributed by atoms with Gasteiger partial charge < -0.3 is 9.47 Å². The summed E-state index contributed by atoms with van der Waals surface area (Å²) in [6.45, 7) is 4.27. The maximum absolute atomic E-state index is 12.0. The fourth-order valence-electron chi connectivity index (χ4n) is 2.72. The maximum atomic E-state index is 12.0. The van der Waals surface area contributed by atoms with Crippen LogP contribution in [0.25, 0.3) is 0 Å². The second kappa shape index (κ2) is 8.15. The number of hydrogen-bond acceptors (Lipinski definition) is 5. The minimum Gasteiger partial charge on any atom is -0.468 e. The normalized spacial score (nSPS) is 17.5. The van der Waals surface area contributed by atoms with Crippen molar-refractivity contribution in [3.8, 4) is 0 Å². The second-order valence-corrected chi connectivity index (χ2v) is 4.86. The molecule has 19 heavy (non-hydrogen) atoms. The number of ether oxygens (including phenoxy) is 2. The Morgan fingerprint density at radius 1 is 1.26 bits per heavy atom. The molecule has 0 saturated heterocycles. The molecule has 0 N–H and O–H groups in total. The standard InChI is InChI=1S/C14H25NO4/c1-4-12(14(17)19-5-2)15(10-13(16)18-3)11-8-6-7-9-11/h11-12H,4-10H2,1-3H3. The van der Waals surface area contributed by atoms with E-state index in [1.165, 1.54) is 7.11 Å². The highest BCUT2D eigenvalue weighted by Crippen LogP contribution is 2.26. The van der Waals surface area contributed by atoms with Crippen LogP contribution in [0, 0.1) is 0 Å². The van der Waals surface area contributed by atoms with Gasteiger partial charge in [0.05, 0.1) is 20.3 Å². The molecule has 1 aliphatic carbocycles. The minimum absolute atomic E-state index is 0.165. The molecule has 0 bridgehead atoms. The predicted molar refractivity (Wildman–Crippen MR) is 71.7 cm³/mol. The number of carbonyl (C=O) groups excluding carboxylic acids is 2. The Bertz CT molecular complexity index is 300. The van der Waals surface area contributed by atoms with Crippen LogP contribution in [0.3, 0.4) is 0 Å². The Labute approximate surface area is 115 Å². The molecule has 1 rings (SSSR count). The zero-order valence-corrected chi connectivity index (χ0v) is 12.2. The van der Waals surface area contributed by atoms with Gasteiger partial charge in [0.1, 0.15) is 6.04 Å². The summed E-state index contributed by atoms with van der Waals surface area (Å²) in [5, 5.41) is 0. The number of rotatable bonds is 7. The molecule has 0 spiro atoms. The van der Waals surface area contributed by atoms with Gasteiger partial charge in [-0.15, -0.1) is 0 Å². The molecule has 0 amide bonds. The van der Waals surface area contributed by atoms with Crippen molar-refractivity contribution in [1.82, 2.24) is 4.90 Å². The van der Waals surface area contributed by atoms with Crippen LogP contribution < -0.4 is 0 Å². The number of carbonyl (C=O) groups is 2. The first-order valence-corrected chi connectivity index (χ1v) is 7.13. The van der Waals surface area contributed by atoms with Gasteiger partial charge in [0.2, 0.25) is 0 Å². The third-order valence-corrected chi connectivity index (χ3v) is 3.68. The van der Waals surface area contributed by atoms with E-state index in [2.05, 4.69) is 0 Å². The van der Waals surface area contributed by atoms with E-state index in [0.717, 1.165) is 25.7 Å². The van der Waals surface area contributed by atoms with Crippen molar-refractivity contribution in [2.24, 2.45) is 0 Å². The van der Waals surface area contributed by atoms with Gasteiger partial charge in [0.15, 0.2) is 0 Å². The summed E-state index contributed by atoms with van der Waals surface area (Å²) in [7, 11) is 1.38. The molecular formula is C14H25NO4. The SMILES string of the molecule is CCOC(=O)C(CC)N(CC(=O)OC)C1CCCC1. The highest BCUT2D eigenvalue weighted by Gasteiger charge is 2.34. The van der Waals surface area contributed by atoms with Gasteiger partial charge in [0.25, 0.3) is 0 Å². The van der Waals surface area contributed by atoms with Crippen LogP contribution >= 0.6 is 0 Å². The average Bonchev–Trinajstić information content (AvgIpc) is 2.92. The van der Waals surface area contributed by atoms with E-state index >= 15 is 0 Å². The molecule has 0 heterocycles. The Morgan fingerprint density at radius 2 is 1.89 bits per heavy atom. The average molecular weight is 271 g/mol. The molecule has 1 saturated carbocycles. The van der Waals surface area contributed by atoms with E-state index in [9.17, 15) is 9.59 Å². The van der Waals surface area contributed by atoms with Crippen molar-refractivity contribution < 1.29 is 19.1 Å². The van der Waals surface area contributed by atoms with Crippen LogP contribution in [-0.2, 0) is 19.1 Å². The number of methoxy groups -OCH3 is 1. The van der Waals surface area contributed by atoms with Gasteiger partial charge in [-0.3, -0.25) is 14.5 Å². The van der Waals surface area contributed by atoms with Crippen LogP contribution in [0.15, 0.2) is 0 Å². The van der Waals surface area contributed by atoms with Crippen molar-refractivity contribution in [2.45, 2.75) is 58.0 Å². The molecule has 0 aromatic heterocycles. The molecule has 0 aromatic carbocycles. The van der Waals surface area contributed by atoms with Gasteiger partial charge >= 0.3 is 11.9 Å². The molecule has 1 fully saturated rings. The van der Waals surface area contributed by atoms with Gasteiger partial charge in [-0.2, -0.15) is 0 Å². The third kappa shape index (κ3) is 4.49. The van der Waals surface area contributed by atoms with Crippen LogP contribution in [0.2, 0.25) is 0 Å². The molecule has 1 aliphatic rings. The van der Waals surface area contributed by atoms with Crippen molar-refractivity contribution in [1.29, 1.82) is 0 Å². The lowest BCUT2D eigenvalue weighted by Crippen LogP contribution is -2.49. The van der Waals surface area contributed by atoms with Crippen LogP contribution in [-0.4, -0.2) is 49.2 Å². The molecule has 1 atom stereocenters. The van der Waals surface area contributed by atoms with Gasteiger partial charge in [0, 0.05) is 6.04 Å². The van der Waals surface area contributed by atoms with Crippen molar-refractivity contribution in [3.63, 3.8) is 0 Å². The van der Waals surface area contributed by atoms with Crippen molar-refractivity contribution >= 4 is 11.9 Å². The summed E-state index contributed by atoms with van der Waals surface area (Å²) >= 11 is 0. The Kier molecular flexibility index (Phi) is 6.84. The first-order chi connectivity index (χ1) is 9.13. The van der Waals surface area contributed by atoms with Crippen LogP contribution in [0.4, 0.5) is 0 Å². The molecule has 5 nitrogen and oxygen atoms in total. The van der Waals surface area contributed by atoms with E-state index in [1.54, 1.807) is 6.92 Å². The zero-order chi connectivity index (χ0) is 14.3. The molecule has 1 unspecified atom stereocenters. The summed E-state index contributed by atoms with van der Waals surface area (Å²) in [4.78, 5) is 25.6. The molecule has 0 aliphatic heterocycles. The van der Waals surface area contributed by atoms with Crippen molar-refractivity contribution in [2.75, 3.05) is 20.3 Å². The van der Waals surface area contributed by atoms with Gasteiger partial charge in [-0.25, -0.2) is 0 Å². The summed E-state index contributed by atoms with van der Waals surface area (Å²) in [5.74, 6) is -0.532. The second-order valence-electron chi connectivity index (χ2n) is 4.86. The first-order valence-electron chi connectivity index (χ1n) is 7.13. The lowest BCUT2D eigenvalue weighted by molar-refractivity contribution is -0.153. The monoisotopic (exact) mass is 271 g/mol. The van der Waals surface area contributed by atoms with Gasteiger partial charge in [-0.1, -0.05) is 19.8 Å². The van der Waals surface area contributed by atoms with Gasteiger partial charge in [-0.05, 0) is 26.2 Å². The Hall–Kier alpha value is -1.10. The van der Waals surface area contributed by atoms with Crippen LogP contribution in [0.1, 0.15) is 46.0 Å². The Morgan fingerprint density at radius 3 is 2.37 bits per heavy atom. The predicted octanol–water partition coefficient (Wildman–Crippen LogP) is 1.75.